The molecule has 3 nitrogen and oxygen atoms in total. The summed E-state index contributed by atoms with van der Waals surface area (Å²) in [5.74, 6) is 0. The lowest BCUT2D eigenvalue weighted by Gasteiger charge is -2.36. The minimum Gasteiger partial charge on any atom is -0.394 e. The van der Waals surface area contributed by atoms with E-state index < -0.39 is 0 Å². The zero-order valence-corrected chi connectivity index (χ0v) is 9.22. The molecule has 1 fully saturated rings. The van der Waals surface area contributed by atoms with Gasteiger partial charge in [-0.1, -0.05) is 19.3 Å². The third-order valence-electron chi connectivity index (χ3n) is 3.14. The molecular formula is C11H23NO2. The molecule has 0 aromatic heterocycles. The van der Waals surface area contributed by atoms with Gasteiger partial charge in [0.1, 0.15) is 0 Å². The average molecular weight is 201 g/mol. The maximum absolute atomic E-state index is 9.40. The molecule has 1 saturated carbocycles. The lowest BCUT2D eigenvalue weighted by atomic mass is 9.82. The van der Waals surface area contributed by atoms with Crippen molar-refractivity contribution in [2.75, 3.05) is 26.9 Å². The Morgan fingerprint density at radius 3 is 2.57 bits per heavy atom. The number of aliphatic hydroxyl groups is 1. The zero-order valence-electron chi connectivity index (χ0n) is 9.22. The molecule has 0 saturated heterocycles. The lowest BCUT2D eigenvalue weighted by Crippen LogP contribution is -2.50. The van der Waals surface area contributed by atoms with Crippen molar-refractivity contribution in [1.82, 2.24) is 5.32 Å². The van der Waals surface area contributed by atoms with Crippen molar-refractivity contribution in [3.8, 4) is 0 Å². The van der Waals surface area contributed by atoms with E-state index in [1.165, 1.54) is 19.3 Å². The number of hydrogen-bond donors (Lipinski definition) is 2. The molecule has 1 rings (SSSR count). The van der Waals surface area contributed by atoms with Gasteiger partial charge in [-0.3, -0.25) is 0 Å². The second kappa shape index (κ2) is 6.38. The van der Waals surface area contributed by atoms with Crippen LogP contribution in [-0.2, 0) is 4.74 Å². The van der Waals surface area contributed by atoms with Crippen LogP contribution in [0.3, 0.4) is 0 Å². The first-order valence-electron chi connectivity index (χ1n) is 5.68. The summed E-state index contributed by atoms with van der Waals surface area (Å²) in [5.41, 5.74) is 0.0198. The molecule has 1 aliphatic rings. The Bertz CT molecular complexity index is 144. The van der Waals surface area contributed by atoms with Crippen LogP contribution < -0.4 is 5.32 Å². The van der Waals surface area contributed by atoms with E-state index in [1.807, 2.05) is 0 Å². The molecule has 3 heteroatoms. The molecular weight excluding hydrogens is 178 g/mol. The Balaban J connectivity index is 2.22. The van der Waals surface area contributed by atoms with Crippen LogP contribution in [0, 0.1) is 0 Å². The van der Waals surface area contributed by atoms with E-state index in [-0.39, 0.29) is 12.1 Å². The van der Waals surface area contributed by atoms with Gasteiger partial charge in [0.2, 0.25) is 0 Å². The molecule has 0 aromatic rings. The van der Waals surface area contributed by atoms with Crippen LogP contribution >= 0.6 is 0 Å². The molecule has 0 atom stereocenters. The van der Waals surface area contributed by atoms with Gasteiger partial charge in [-0.15, -0.1) is 0 Å². The Morgan fingerprint density at radius 1 is 1.29 bits per heavy atom. The quantitative estimate of drug-likeness (QED) is 0.637. The van der Waals surface area contributed by atoms with Crippen molar-refractivity contribution in [3.05, 3.63) is 0 Å². The van der Waals surface area contributed by atoms with E-state index in [4.69, 9.17) is 4.74 Å². The highest BCUT2D eigenvalue weighted by atomic mass is 16.5. The van der Waals surface area contributed by atoms with Crippen LogP contribution in [0.5, 0.6) is 0 Å². The van der Waals surface area contributed by atoms with Gasteiger partial charge in [0.05, 0.1) is 6.61 Å². The highest BCUT2D eigenvalue weighted by molar-refractivity contribution is 4.89. The predicted octanol–water partition coefficient (Wildman–Crippen LogP) is 1.31. The molecule has 1 aliphatic carbocycles. The van der Waals surface area contributed by atoms with Gasteiger partial charge in [0.15, 0.2) is 0 Å². The van der Waals surface area contributed by atoms with Crippen molar-refractivity contribution in [2.45, 2.75) is 44.1 Å². The molecule has 0 bridgehead atoms. The molecule has 0 aliphatic heterocycles. The molecule has 2 N–H and O–H groups in total. The summed E-state index contributed by atoms with van der Waals surface area (Å²) in [6.45, 7) is 2.03. The Morgan fingerprint density at radius 2 is 2.00 bits per heavy atom. The molecule has 0 amide bonds. The van der Waals surface area contributed by atoms with Crippen LogP contribution in [-0.4, -0.2) is 37.5 Å². The van der Waals surface area contributed by atoms with Gasteiger partial charge in [0.25, 0.3) is 0 Å². The Hall–Kier alpha value is -0.120. The fourth-order valence-corrected chi connectivity index (χ4v) is 2.19. The number of aliphatic hydroxyl groups excluding tert-OH is 1. The second-order valence-electron chi connectivity index (χ2n) is 4.27. The van der Waals surface area contributed by atoms with Gasteiger partial charge in [-0.05, 0) is 25.8 Å². The summed E-state index contributed by atoms with van der Waals surface area (Å²) in [7, 11) is 1.72. The van der Waals surface area contributed by atoms with Crippen LogP contribution in [0.25, 0.3) is 0 Å². The van der Waals surface area contributed by atoms with Crippen molar-refractivity contribution in [3.63, 3.8) is 0 Å². The minimum atomic E-state index is 0.0198. The molecule has 84 valence electrons. The number of hydrogen-bond acceptors (Lipinski definition) is 3. The largest absolute Gasteiger partial charge is 0.394 e. The monoisotopic (exact) mass is 201 g/mol. The maximum Gasteiger partial charge on any atom is 0.0613 e. The molecule has 0 spiro atoms. The number of rotatable bonds is 6. The molecule has 0 aromatic carbocycles. The first-order chi connectivity index (χ1) is 6.83. The van der Waals surface area contributed by atoms with Crippen LogP contribution in [0.15, 0.2) is 0 Å². The summed E-state index contributed by atoms with van der Waals surface area (Å²) < 4.78 is 5.00. The van der Waals surface area contributed by atoms with E-state index in [9.17, 15) is 5.11 Å². The van der Waals surface area contributed by atoms with Gasteiger partial charge in [0, 0.05) is 19.3 Å². The number of nitrogens with one attached hydrogen (secondary N) is 1. The number of methoxy groups -OCH3 is 1. The van der Waals surface area contributed by atoms with Gasteiger partial charge < -0.3 is 15.2 Å². The molecule has 14 heavy (non-hydrogen) atoms. The van der Waals surface area contributed by atoms with Crippen molar-refractivity contribution in [2.24, 2.45) is 0 Å². The number of ether oxygens (including phenoxy) is 1. The highest BCUT2D eigenvalue weighted by Crippen LogP contribution is 2.27. The van der Waals surface area contributed by atoms with E-state index in [0.29, 0.717) is 0 Å². The van der Waals surface area contributed by atoms with Crippen LogP contribution in [0.4, 0.5) is 0 Å². The van der Waals surface area contributed by atoms with Crippen molar-refractivity contribution >= 4 is 0 Å². The van der Waals surface area contributed by atoms with Gasteiger partial charge in [-0.25, -0.2) is 0 Å². The maximum atomic E-state index is 9.40. The second-order valence-corrected chi connectivity index (χ2v) is 4.27. The summed E-state index contributed by atoms with van der Waals surface area (Å²) in [5, 5.41) is 12.9. The third kappa shape index (κ3) is 3.56. The van der Waals surface area contributed by atoms with Gasteiger partial charge >= 0.3 is 0 Å². The summed E-state index contributed by atoms with van der Waals surface area (Å²) in [6, 6.07) is 0. The minimum absolute atomic E-state index is 0.0198. The topological polar surface area (TPSA) is 41.5 Å². The van der Waals surface area contributed by atoms with E-state index in [2.05, 4.69) is 5.32 Å². The first kappa shape index (κ1) is 12.0. The highest BCUT2D eigenvalue weighted by Gasteiger charge is 2.30. The fraction of sp³-hybridized carbons (Fsp3) is 1.00. The van der Waals surface area contributed by atoms with Crippen molar-refractivity contribution in [1.29, 1.82) is 0 Å². The van der Waals surface area contributed by atoms with Gasteiger partial charge in [-0.2, -0.15) is 0 Å². The van der Waals surface area contributed by atoms with Crippen molar-refractivity contribution < 1.29 is 9.84 Å². The summed E-state index contributed by atoms with van der Waals surface area (Å²) in [4.78, 5) is 0. The summed E-state index contributed by atoms with van der Waals surface area (Å²) >= 11 is 0. The van der Waals surface area contributed by atoms with E-state index in [0.717, 1.165) is 32.4 Å². The zero-order chi connectivity index (χ0) is 10.3. The SMILES string of the molecule is COCCCNC1(CO)CCCCC1. The third-order valence-corrected chi connectivity index (χ3v) is 3.14. The van der Waals surface area contributed by atoms with Crippen LogP contribution in [0.2, 0.25) is 0 Å². The normalized spacial score (nSPS) is 21.0. The first-order valence-corrected chi connectivity index (χ1v) is 5.68. The summed E-state index contributed by atoms with van der Waals surface area (Å²) in [6.07, 6.45) is 7.09. The Labute approximate surface area is 86.8 Å². The molecule has 0 heterocycles. The van der Waals surface area contributed by atoms with Crippen LogP contribution in [0.1, 0.15) is 38.5 Å². The molecule has 0 unspecified atom stereocenters. The standard InChI is InChI=1S/C11H23NO2/c1-14-9-5-8-12-11(10-13)6-3-2-4-7-11/h12-13H,2-10H2,1H3. The molecule has 0 radical (unpaired) electrons. The Kier molecular flexibility index (Phi) is 5.45. The average Bonchev–Trinajstić information content (AvgIpc) is 2.26. The van der Waals surface area contributed by atoms with E-state index >= 15 is 0 Å². The van der Waals surface area contributed by atoms with E-state index in [1.54, 1.807) is 7.11 Å². The fourth-order valence-electron chi connectivity index (χ4n) is 2.19. The predicted molar refractivity (Wildman–Crippen MR) is 57.4 cm³/mol. The smallest absolute Gasteiger partial charge is 0.0613 e. The lowest BCUT2D eigenvalue weighted by molar-refractivity contribution is 0.116.